The standard InChI is InChI=1S/C12H19N3O2/c1-3-15-5-4-14-11(12(15)16)17-10-6-9(7-10)8-13-2/h4-5,9-10,13H,3,6-8H2,1-2H3. The van der Waals surface area contributed by atoms with Gasteiger partial charge in [-0.15, -0.1) is 0 Å². The van der Waals surface area contributed by atoms with E-state index in [4.69, 9.17) is 4.74 Å². The fourth-order valence-corrected chi connectivity index (χ4v) is 2.14. The first-order valence-electron chi connectivity index (χ1n) is 6.11. The van der Waals surface area contributed by atoms with Gasteiger partial charge in [0.2, 0.25) is 0 Å². The molecule has 0 spiro atoms. The molecule has 0 saturated heterocycles. The molecule has 0 atom stereocenters. The van der Waals surface area contributed by atoms with E-state index < -0.39 is 0 Å². The third-order valence-corrected chi connectivity index (χ3v) is 3.19. The molecule has 5 nitrogen and oxygen atoms in total. The van der Waals surface area contributed by atoms with Crippen molar-refractivity contribution in [2.75, 3.05) is 13.6 Å². The van der Waals surface area contributed by atoms with Crippen LogP contribution in [0.1, 0.15) is 19.8 Å². The summed E-state index contributed by atoms with van der Waals surface area (Å²) in [5.41, 5.74) is -0.132. The van der Waals surface area contributed by atoms with Crippen LogP contribution in [0.5, 0.6) is 5.88 Å². The fraction of sp³-hybridized carbons (Fsp3) is 0.667. The highest BCUT2D eigenvalue weighted by atomic mass is 16.5. The molecule has 1 aliphatic carbocycles. The van der Waals surface area contributed by atoms with E-state index >= 15 is 0 Å². The first-order chi connectivity index (χ1) is 8.24. The van der Waals surface area contributed by atoms with Gasteiger partial charge in [-0.2, -0.15) is 0 Å². The van der Waals surface area contributed by atoms with E-state index in [1.165, 1.54) is 0 Å². The fourth-order valence-electron chi connectivity index (χ4n) is 2.14. The minimum absolute atomic E-state index is 0.132. The highest BCUT2D eigenvalue weighted by Crippen LogP contribution is 2.29. The number of aromatic nitrogens is 2. The van der Waals surface area contributed by atoms with Gasteiger partial charge in [-0.25, -0.2) is 4.98 Å². The third-order valence-electron chi connectivity index (χ3n) is 3.19. The predicted octanol–water partition coefficient (Wildman–Crippen LogP) is 0.640. The maximum atomic E-state index is 11.8. The van der Waals surface area contributed by atoms with Gasteiger partial charge in [-0.05, 0) is 39.3 Å². The van der Waals surface area contributed by atoms with E-state index in [0.717, 1.165) is 19.4 Å². The van der Waals surface area contributed by atoms with Crippen molar-refractivity contribution in [3.63, 3.8) is 0 Å². The number of ether oxygens (including phenoxy) is 1. The summed E-state index contributed by atoms with van der Waals surface area (Å²) < 4.78 is 7.23. The topological polar surface area (TPSA) is 56.1 Å². The molecule has 0 aliphatic heterocycles. The summed E-state index contributed by atoms with van der Waals surface area (Å²) in [5.74, 6) is 0.907. The van der Waals surface area contributed by atoms with E-state index in [9.17, 15) is 4.79 Å². The van der Waals surface area contributed by atoms with Gasteiger partial charge in [0.05, 0.1) is 0 Å². The van der Waals surface area contributed by atoms with Crippen molar-refractivity contribution in [3.05, 3.63) is 22.7 Å². The Balaban J connectivity index is 1.95. The van der Waals surface area contributed by atoms with Crippen molar-refractivity contribution in [1.29, 1.82) is 0 Å². The molecule has 1 aromatic rings. The van der Waals surface area contributed by atoms with E-state index in [0.29, 0.717) is 12.5 Å². The monoisotopic (exact) mass is 237 g/mol. The van der Waals surface area contributed by atoms with Crippen molar-refractivity contribution < 1.29 is 4.74 Å². The molecule has 0 amide bonds. The molecule has 1 aromatic heterocycles. The van der Waals surface area contributed by atoms with Crippen molar-refractivity contribution in [2.24, 2.45) is 5.92 Å². The Labute approximate surface area is 101 Å². The summed E-state index contributed by atoms with van der Waals surface area (Å²) >= 11 is 0. The Bertz CT molecular complexity index is 424. The molecule has 1 heterocycles. The average Bonchev–Trinajstić information content (AvgIpc) is 2.28. The van der Waals surface area contributed by atoms with E-state index in [1.807, 2.05) is 14.0 Å². The molecule has 1 fully saturated rings. The van der Waals surface area contributed by atoms with Crippen LogP contribution in [0, 0.1) is 5.92 Å². The van der Waals surface area contributed by atoms with Crippen LogP contribution in [-0.4, -0.2) is 29.2 Å². The molecule has 0 bridgehead atoms. The minimum Gasteiger partial charge on any atom is -0.470 e. The summed E-state index contributed by atoms with van der Waals surface area (Å²) in [6, 6.07) is 0. The Hall–Kier alpha value is -1.36. The average molecular weight is 237 g/mol. The normalized spacial score (nSPS) is 23.2. The van der Waals surface area contributed by atoms with E-state index in [1.54, 1.807) is 17.0 Å². The van der Waals surface area contributed by atoms with Crippen molar-refractivity contribution in [3.8, 4) is 5.88 Å². The number of nitrogens with zero attached hydrogens (tertiary/aromatic N) is 2. The molecule has 0 radical (unpaired) electrons. The van der Waals surface area contributed by atoms with Gasteiger partial charge in [0.1, 0.15) is 6.10 Å². The Kier molecular flexibility index (Phi) is 3.78. The molecule has 1 aliphatic rings. The maximum absolute atomic E-state index is 11.8. The van der Waals surface area contributed by atoms with Crippen molar-refractivity contribution in [1.82, 2.24) is 14.9 Å². The molecule has 94 valence electrons. The molecule has 0 aromatic carbocycles. The van der Waals surface area contributed by atoms with Crippen LogP contribution < -0.4 is 15.6 Å². The maximum Gasteiger partial charge on any atom is 0.313 e. The van der Waals surface area contributed by atoms with Crippen LogP contribution in [0.2, 0.25) is 0 Å². The van der Waals surface area contributed by atoms with Crippen LogP contribution in [0.3, 0.4) is 0 Å². The number of hydrogen-bond donors (Lipinski definition) is 1. The lowest BCUT2D eigenvalue weighted by molar-refractivity contribution is 0.0597. The first-order valence-corrected chi connectivity index (χ1v) is 6.11. The Morgan fingerprint density at radius 1 is 1.59 bits per heavy atom. The number of nitrogens with one attached hydrogen (secondary N) is 1. The van der Waals surface area contributed by atoms with Gasteiger partial charge in [0, 0.05) is 18.9 Å². The summed E-state index contributed by atoms with van der Waals surface area (Å²) in [6.45, 7) is 3.59. The zero-order chi connectivity index (χ0) is 12.3. The van der Waals surface area contributed by atoms with Crippen LogP contribution in [-0.2, 0) is 6.54 Å². The van der Waals surface area contributed by atoms with E-state index in [-0.39, 0.29) is 17.5 Å². The van der Waals surface area contributed by atoms with Gasteiger partial charge in [0.25, 0.3) is 5.88 Å². The second-order valence-corrected chi connectivity index (χ2v) is 4.46. The zero-order valence-corrected chi connectivity index (χ0v) is 10.3. The van der Waals surface area contributed by atoms with Crippen molar-refractivity contribution >= 4 is 0 Å². The molecule has 1 saturated carbocycles. The smallest absolute Gasteiger partial charge is 0.313 e. The first kappa shape index (κ1) is 12.1. The number of rotatable bonds is 5. The van der Waals surface area contributed by atoms with Gasteiger partial charge in [-0.3, -0.25) is 4.79 Å². The van der Waals surface area contributed by atoms with Crippen LogP contribution in [0.15, 0.2) is 17.2 Å². The van der Waals surface area contributed by atoms with Gasteiger partial charge in [-0.1, -0.05) is 0 Å². The van der Waals surface area contributed by atoms with Gasteiger partial charge < -0.3 is 14.6 Å². The lowest BCUT2D eigenvalue weighted by atomic mass is 9.82. The summed E-state index contributed by atoms with van der Waals surface area (Å²) in [4.78, 5) is 15.9. The Morgan fingerprint density at radius 2 is 2.35 bits per heavy atom. The molecule has 17 heavy (non-hydrogen) atoms. The van der Waals surface area contributed by atoms with Crippen molar-refractivity contribution in [2.45, 2.75) is 32.4 Å². The molecule has 1 N–H and O–H groups in total. The third kappa shape index (κ3) is 2.66. The van der Waals surface area contributed by atoms with Crippen LogP contribution >= 0.6 is 0 Å². The predicted molar refractivity (Wildman–Crippen MR) is 65.2 cm³/mol. The SMILES string of the molecule is CCn1ccnc(OC2CC(CNC)C2)c1=O. The Morgan fingerprint density at radius 3 is 3.00 bits per heavy atom. The quantitative estimate of drug-likeness (QED) is 0.816. The lowest BCUT2D eigenvalue weighted by Crippen LogP contribution is -2.40. The molecule has 2 rings (SSSR count). The number of hydrogen-bond acceptors (Lipinski definition) is 4. The second-order valence-electron chi connectivity index (χ2n) is 4.46. The lowest BCUT2D eigenvalue weighted by Gasteiger charge is -2.34. The molecular weight excluding hydrogens is 218 g/mol. The largest absolute Gasteiger partial charge is 0.470 e. The van der Waals surface area contributed by atoms with E-state index in [2.05, 4.69) is 10.3 Å². The van der Waals surface area contributed by atoms with Gasteiger partial charge >= 0.3 is 5.56 Å². The highest BCUT2D eigenvalue weighted by molar-refractivity contribution is 5.06. The molecule has 5 heteroatoms. The van der Waals surface area contributed by atoms with Crippen LogP contribution in [0.4, 0.5) is 0 Å². The summed E-state index contributed by atoms with van der Waals surface area (Å²) in [6.07, 6.45) is 5.46. The molecular formula is C12H19N3O2. The van der Waals surface area contributed by atoms with Crippen LogP contribution in [0.25, 0.3) is 0 Å². The second kappa shape index (κ2) is 5.31. The number of aryl methyl sites for hydroxylation is 1. The van der Waals surface area contributed by atoms with Gasteiger partial charge in [0.15, 0.2) is 0 Å². The molecule has 0 unspecified atom stereocenters. The summed E-state index contributed by atoms with van der Waals surface area (Å²) in [5, 5.41) is 3.15. The highest BCUT2D eigenvalue weighted by Gasteiger charge is 2.31. The minimum atomic E-state index is -0.132. The summed E-state index contributed by atoms with van der Waals surface area (Å²) in [7, 11) is 1.95. The zero-order valence-electron chi connectivity index (χ0n) is 10.3.